The fraction of sp³-hybridized carbons (Fsp3) is 0.389. The minimum atomic E-state index is -0.0110. The summed E-state index contributed by atoms with van der Waals surface area (Å²) in [5.74, 6) is 0.764. The van der Waals surface area contributed by atoms with Crippen LogP contribution >= 0.6 is 11.3 Å². The van der Waals surface area contributed by atoms with E-state index in [0.29, 0.717) is 12.5 Å². The van der Waals surface area contributed by atoms with Crippen LogP contribution in [0.2, 0.25) is 0 Å². The van der Waals surface area contributed by atoms with Gasteiger partial charge in [-0.15, -0.1) is 0 Å². The third-order valence-electron chi connectivity index (χ3n) is 4.50. The molecule has 0 bridgehead atoms. The topological polar surface area (TPSA) is 29.5 Å². The van der Waals surface area contributed by atoms with Crippen LogP contribution < -0.4 is 0 Å². The van der Waals surface area contributed by atoms with Crippen molar-refractivity contribution in [1.29, 1.82) is 0 Å². The minimum absolute atomic E-state index is 0.0110. The van der Waals surface area contributed by atoms with Crippen molar-refractivity contribution >= 4 is 17.2 Å². The third kappa shape index (κ3) is 2.81. The van der Waals surface area contributed by atoms with E-state index < -0.39 is 0 Å². The maximum atomic E-state index is 12.7. The average molecular weight is 313 g/mol. The number of amides is 1. The van der Waals surface area contributed by atoms with Crippen molar-refractivity contribution in [2.24, 2.45) is 5.92 Å². The highest BCUT2D eigenvalue weighted by atomic mass is 32.1. The van der Waals surface area contributed by atoms with E-state index in [1.165, 1.54) is 12.8 Å². The fourth-order valence-electron chi connectivity index (χ4n) is 3.10. The summed E-state index contributed by atoms with van der Waals surface area (Å²) >= 11 is 1.57. The molecule has 0 spiro atoms. The quantitative estimate of drug-likeness (QED) is 0.864. The predicted octanol–water partition coefficient (Wildman–Crippen LogP) is 3.74. The molecule has 1 saturated carbocycles. The van der Waals surface area contributed by atoms with Crippen molar-refractivity contribution in [3.63, 3.8) is 0 Å². The molecule has 1 aromatic heterocycles. The van der Waals surface area contributed by atoms with E-state index in [-0.39, 0.29) is 18.1 Å². The van der Waals surface area contributed by atoms with Gasteiger partial charge >= 0.3 is 0 Å². The second-order valence-electron chi connectivity index (χ2n) is 6.13. The number of carbonyl (C=O) groups is 1. The number of carbonyl (C=O) groups excluding carboxylic acids is 1. The van der Waals surface area contributed by atoms with Crippen molar-refractivity contribution in [2.45, 2.75) is 25.0 Å². The molecule has 0 unspecified atom stereocenters. The first-order chi connectivity index (χ1) is 10.8. The summed E-state index contributed by atoms with van der Waals surface area (Å²) in [5, 5.41) is 3.89. The molecular formula is C18H19NO2S. The lowest BCUT2D eigenvalue weighted by atomic mass is 10.0. The summed E-state index contributed by atoms with van der Waals surface area (Å²) < 4.78 is 6.30. The zero-order valence-electron chi connectivity index (χ0n) is 12.4. The molecule has 2 atom stereocenters. The third-order valence-corrected chi connectivity index (χ3v) is 5.18. The normalized spacial score (nSPS) is 25.2. The van der Waals surface area contributed by atoms with Gasteiger partial charge in [0, 0.05) is 11.9 Å². The molecule has 114 valence electrons. The molecule has 2 fully saturated rings. The van der Waals surface area contributed by atoms with Crippen LogP contribution in [0.25, 0.3) is 0 Å². The summed E-state index contributed by atoms with van der Waals surface area (Å²) in [7, 11) is 0. The Hall–Kier alpha value is -1.65. The zero-order chi connectivity index (χ0) is 14.9. The van der Waals surface area contributed by atoms with Gasteiger partial charge in [0.2, 0.25) is 0 Å². The van der Waals surface area contributed by atoms with E-state index in [9.17, 15) is 4.79 Å². The molecule has 1 aromatic carbocycles. The van der Waals surface area contributed by atoms with Crippen LogP contribution in [0.5, 0.6) is 0 Å². The molecule has 2 heterocycles. The average Bonchev–Trinajstić information content (AvgIpc) is 3.29. The first-order valence-corrected chi connectivity index (χ1v) is 8.77. The molecule has 4 heteroatoms. The number of morpholine rings is 1. The van der Waals surface area contributed by atoms with E-state index in [1.807, 2.05) is 39.9 Å². The van der Waals surface area contributed by atoms with Crippen LogP contribution in [-0.4, -0.2) is 30.0 Å². The second kappa shape index (κ2) is 5.86. The van der Waals surface area contributed by atoms with Gasteiger partial charge in [-0.3, -0.25) is 4.79 Å². The number of nitrogens with zero attached hydrogens (tertiary/aromatic N) is 1. The van der Waals surface area contributed by atoms with Gasteiger partial charge in [0.15, 0.2) is 0 Å². The molecular weight excluding hydrogens is 294 g/mol. The molecule has 2 aliphatic rings. The Balaban J connectivity index is 1.57. The Morgan fingerprint density at radius 3 is 2.64 bits per heavy atom. The summed E-state index contributed by atoms with van der Waals surface area (Å²) in [6.45, 7) is 1.37. The van der Waals surface area contributed by atoms with Gasteiger partial charge < -0.3 is 9.64 Å². The number of ether oxygens (including phenoxy) is 1. The highest BCUT2D eigenvalue weighted by molar-refractivity contribution is 7.08. The zero-order valence-corrected chi connectivity index (χ0v) is 13.2. The van der Waals surface area contributed by atoms with Gasteiger partial charge in [-0.1, -0.05) is 30.3 Å². The first kappa shape index (κ1) is 14.0. The van der Waals surface area contributed by atoms with Crippen LogP contribution in [0.3, 0.4) is 0 Å². The molecule has 1 saturated heterocycles. The van der Waals surface area contributed by atoms with Crippen molar-refractivity contribution in [2.75, 3.05) is 13.1 Å². The highest BCUT2D eigenvalue weighted by Crippen LogP contribution is 2.39. The SMILES string of the molecule is O=C(c1ccsc1)N1C[C@@H](c2ccccc2)O[C@@H](C2CC2)C1. The van der Waals surface area contributed by atoms with Crippen LogP contribution in [0.4, 0.5) is 0 Å². The van der Waals surface area contributed by atoms with Crippen molar-refractivity contribution in [3.8, 4) is 0 Å². The number of hydrogen-bond acceptors (Lipinski definition) is 3. The fourth-order valence-corrected chi connectivity index (χ4v) is 3.73. The Morgan fingerprint density at radius 1 is 1.14 bits per heavy atom. The molecule has 22 heavy (non-hydrogen) atoms. The largest absolute Gasteiger partial charge is 0.366 e. The van der Waals surface area contributed by atoms with Crippen LogP contribution in [0.15, 0.2) is 47.2 Å². The van der Waals surface area contributed by atoms with Gasteiger partial charge in [0.05, 0.1) is 18.2 Å². The van der Waals surface area contributed by atoms with Crippen molar-refractivity contribution < 1.29 is 9.53 Å². The number of rotatable bonds is 3. The maximum absolute atomic E-state index is 12.7. The van der Waals surface area contributed by atoms with Gasteiger partial charge in [0.25, 0.3) is 5.91 Å². The standard InChI is InChI=1S/C18H19NO2S/c20-18(15-8-9-22-12-15)19-10-16(13-4-2-1-3-5-13)21-17(11-19)14-6-7-14/h1-5,8-9,12,14,16-17H,6-7,10-11H2/t16-,17+/m0/s1. The van der Waals surface area contributed by atoms with Crippen LogP contribution in [0.1, 0.15) is 34.9 Å². The first-order valence-electron chi connectivity index (χ1n) is 7.83. The Labute approximate surface area is 134 Å². The lowest BCUT2D eigenvalue weighted by Gasteiger charge is -2.38. The van der Waals surface area contributed by atoms with Crippen molar-refractivity contribution in [3.05, 3.63) is 58.3 Å². The summed E-state index contributed by atoms with van der Waals surface area (Å²) in [6.07, 6.45) is 2.63. The van der Waals surface area contributed by atoms with Crippen LogP contribution in [0, 0.1) is 5.92 Å². The Kier molecular flexibility index (Phi) is 3.72. The van der Waals surface area contributed by atoms with Gasteiger partial charge in [-0.25, -0.2) is 0 Å². The van der Waals surface area contributed by atoms with Gasteiger partial charge in [-0.2, -0.15) is 11.3 Å². The lowest BCUT2D eigenvalue weighted by Crippen LogP contribution is -2.47. The summed E-state index contributed by atoms with van der Waals surface area (Å²) in [4.78, 5) is 14.7. The van der Waals surface area contributed by atoms with Crippen LogP contribution in [-0.2, 0) is 4.74 Å². The van der Waals surface area contributed by atoms with Gasteiger partial charge in [-0.05, 0) is 35.8 Å². The second-order valence-corrected chi connectivity index (χ2v) is 6.91. The molecule has 0 radical (unpaired) electrons. The van der Waals surface area contributed by atoms with Crippen molar-refractivity contribution in [1.82, 2.24) is 4.90 Å². The number of hydrogen-bond donors (Lipinski definition) is 0. The Morgan fingerprint density at radius 2 is 1.95 bits per heavy atom. The van der Waals surface area contributed by atoms with E-state index in [2.05, 4.69) is 12.1 Å². The van der Waals surface area contributed by atoms with E-state index in [1.54, 1.807) is 11.3 Å². The van der Waals surface area contributed by atoms with E-state index in [4.69, 9.17) is 4.74 Å². The van der Waals surface area contributed by atoms with E-state index in [0.717, 1.165) is 17.7 Å². The molecule has 0 N–H and O–H groups in total. The maximum Gasteiger partial charge on any atom is 0.254 e. The number of thiophene rings is 1. The summed E-state index contributed by atoms with van der Waals surface area (Å²) in [5.41, 5.74) is 1.96. The monoisotopic (exact) mass is 313 g/mol. The Bertz CT molecular complexity index is 636. The molecule has 3 nitrogen and oxygen atoms in total. The minimum Gasteiger partial charge on any atom is -0.366 e. The van der Waals surface area contributed by atoms with E-state index >= 15 is 0 Å². The lowest BCUT2D eigenvalue weighted by molar-refractivity contribution is -0.0863. The molecule has 1 amide bonds. The molecule has 4 rings (SSSR count). The molecule has 1 aliphatic heterocycles. The molecule has 2 aromatic rings. The van der Waals surface area contributed by atoms with Gasteiger partial charge in [0.1, 0.15) is 6.10 Å². The summed E-state index contributed by atoms with van der Waals surface area (Å²) in [6, 6.07) is 12.2. The number of benzene rings is 1. The highest BCUT2D eigenvalue weighted by Gasteiger charge is 2.40. The smallest absolute Gasteiger partial charge is 0.254 e. The molecule has 1 aliphatic carbocycles. The predicted molar refractivity (Wildman–Crippen MR) is 87.0 cm³/mol.